The number of aromatic amines is 1. The standard InChI is InChI=1S/C35H44FN4O12P/c1-21(2)28(38-34(45)47-19-24-13-9-7-10-14-24)31(43)51-29-26(50-32(35(29,6)36)40-18-17-27(41)37-33(40)44)20-48-53(46,52-25-15-11-8-12-16-25)39-23(5)30(42)49-22(3)4/h7-18,21-23,26,28-29,32H,19-20H2,1-6H3,(H,38,45)(H,39,46)(H,37,41,44)/t23-,26+,28-,29+,32+,35+,53-/m0/s1. The van der Waals surface area contributed by atoms with E-state index >= 15 is 4.39 Å². The van der Waals surface area contributed by atoms with Crippen LogP contribution in [0.1, 0.15) is 53.3 Å². The van der Waals surface area contributed by atoms with Crippen LogP contribution < -0.4 is 26.2 Å². The molecule has 2 heterocycles. The molecule has 1 amide bonds. The van der Waals surface area contributed by atoms with E-state index < -0.39 is 91.8 Å². The van der Waals surface area contributed by atoms with Crippen molar-refractivity contribution in [3.8, 4) is 5.75 Å². The Morgan fingerprint density at radius 3 is 2.23 bits per heavy atom. The number of aromatic nitrogens is 2. The van der Waals surface area contributed by atoms with Crippen molar-refractivity contribution in [3.05, 3.63) is 99.3 Å². The number of alkyl halides is 1. The highest BCUT2D eigenvalue weighted by Gasteiger charge is 2.59. The highest BCUT2D eigenvalue weighted by molar-refractivity contribution is 7.52. The van der Waals surface area contributed by atoms with Gasteiger partial charge >= 0.3 is 31.5 Å². The van der Waals surface area contributed by atoms with E-state index in [4.69, 9.17) is 28.0 Å². The number of carbonyl (C=O) groups is 3. The Balaban J connectivity index is 1.61. The first-order chi connectivity index (χ1) is 25.0. The number of benzene rings is 2. The van der Waals surface area contributed by atoms with E-state index in [1.54, 1.807) is 76.2 Å². The van der Waals surface area contributed by atoms with Crippen LogP contribution in [0.3, 0.4) is 0 Å². The van der Waals surface area contributed by atoms with Gasteiger partial charge < -0.3 is 28.8 Å². The summed E-state index contributed by atoms with van der Waals surface area (Å²) >= 11 is 0. The van der Waals surface area contributed by atoms with Gasteiger partial charge in [-0.15, -0.1) is 0 Å². The Morgan fingerprint density at radius 1 is 0.981 bits per heavy atom. The van der Waals surface area contributed by atoms with E-state index in [-0.39, 0.29) is 12.4 Å². The van der Waals surface area contributed by atoms with Crippen LogP contribution in [0.25, 0.3) is 0 Å². The summed E-state index contributed by atoms with van der Waals surface area (Å²) in [5.41, 5.74) is -3.79. The number of rotatable bonds is 16. The van der Waals surface area contributed by atoms with Crippen molar-refractivity contribution in [2.45, 2.75) is 90.4 Å². The van der Waals surface area contributed by atoms with Gasteiger partial charge in [0, 0.05) is 12.3 Å². The van der Waals surface area contributed by atoms with Crippen molar-refractivity contribution < 1.29 is 51.3 Å². The molecule has 1 fully saturated rings. The molecule has 16 nitrogen and oxygen atoms in total. The van der Waals surface area contributed by atoms with E-state index in [1.165, 1.54) is 19.1 Å². The third-order valence-electron chi connectivity index (χ3n) is 7.87. The maximum absolute atomic E-state index is 17.0. The van der Waals surface area contributed by atoms with Gasteiger partial charge in [-0.05, 0) is 51.3 Å². The molecule has 0 aliphatic carbocycles. The minimum absolute atomic E-state index is 0.0843. The van der Waals surface area contributed by atoms with E-state index in [0.717, 1.165) is 23.8 Å². The topological polar surface area (TPSA) is 203 Å². The number of nitrogens with one attached hydrogen (secondary N) is 3. The van der Waals surface area contributed by atoms with Crippen LogP contribution in [-0.2, 0) is 44.2 Å². The third-order valence-corrected chi connectivity index (χ3v) is 9.51. The molecule has 0 radical (unpaired) electrons. The second-order valence-corrected chi connectivity index (χ2v) is 14.7. The molecule has 53 heavy (non-hydrogen) atoms. The Bertz CT molecular complexity index is 1870. The van der Waals surface area contributed by atoms with Gasteiger partial charge in [0.05, 0.1) is 12.7 Å². The number of amides is 1. The zero-order valence-corrected chi connectivity index (χ0v) is 30.9. The highest BCUT2D eigenvalue weighted by atomic mass is 31.2. The molecule has 4 rings (SSSR count). The molecule has 0 bridgehead atoms. The van der Waals surface area contributed by atoms with Gasteiger partial charge in [0.15, 0.2) is 18.0 Å². The van der Waals surface area contributed by atoms with Crippen molar-refractivity contribution in [1.29, 1.82) is 0 Å². The second kappa shape index (κ2) is 17.8. The summed E-state index contributed by atoms with van der Waals surface area (Å²) in [5, 5.41) is 4.95. The molecule has 18 heteroatoms. The molecule has 1 saturated heterocycles. The van der Waals surface area contributed by atoms with Gasteiger partial charge in [-0.3, -0.25) is 23.7 Å². The number of para-hydroxylation sites is 1. The van der Waals surface area contributed by atoms with Crippen LogP contribution in [0, 0.1) is 5.92 Å². The van der Waals surface area contributed by atoms with Gasteiger partial charge in [-0.25, -0.2) is 23.3 Å². The molecule has 288 valence electrons. The quantitative estimate of drug-likeness (QED) is 0.107. The van der Waals surface area contributed by atoms with Gasteiger partial charge in [-0.1, -0.05) is 62.4 Å². The smallest absolute Gasteiger partial charge is 0.459 e. The summed E-state index contributed by atoms with van der Waals surface area (Å²) in [4.78, 5) is 65.6. The van der Waals surface area contributed by atoms with Crippen molar-refractivity contribution in [2.75, 3.05) is 6.61 Å². The van der Waals surface area contributed by atoms with Crippen LogP contribution in [0.5, 0.6) is 5.75 Å². The summed E-state index contributed by atoms with van der Waals surface area (Å²) in [6.07, 6.45) is -5.68. The normalized spacial score (nSPS) is 22.0. The van der Waals surface area contributed by atoms with Crippen molar-refractivity contribution in [3.63, 3.8) is 0 Å². The van der Waals surface area contributed by atoms with E-state index in [2.05, 4.69) is 10.4 Å². The molecule has 1 aliphatic rings. The van der Waals surface area contributed by atoms with Gasteiger partial charge in [0.2, 0.25) is 0 Å². The number of carbonyl (C=O) groups excluding carboxylic acids is 3. The Hall–Kier alpha value is -4.83. The van der Waals surface area contributed by atoms with Crippen molar-refractivity contribution in [1.82, 2.24) is 20.0 Å². The molecular weight excluding hydrogens is 718 g/mol. The Kier molecular flexibility index (Phi) is 13.7. The van der Waals surface area contributed by atoms with Crippen LogP contribution in [-0.4, -0.2) is 70.3 Å². The third kappa shape index (κ3) is 11.1. The summed E-state index contributed by atoms with van der Waals surface area (Å²) in [5.74, 6) is -2.35. The number of nitrogens with zero attached hydrogens (tertiary/aromatic N) is 1. The summed E-state index contributed by atoms with van der Waals surface area (Å²) in [6.45, 7) is 7.98. The summed E-state index contributed by atoms with van der Waals surface area (Å²) in [6, 6.07) is 15.1. The lowest BCUT2D eigenvalue weighted by Gasteiger charge is -2.30. The molecule has 7 atom stereocenters. The Labute approximate surface area is 304 Å². The molecule has 3 N–H and O–H groups in total. The monoisotopic (exact) mass is 762 g/mol. The van der Waals surface area contributed by atoms with Gasteiger partial charge in [-0.2, -0.15) is 5.09 Å². The highest BCUT2D eigenvalue weighted by Crippen LogP contribution is 2.48. The molecule has 3 aromatic rings. The summed E-state index contributed by atoms with van der Waals surface area (Å²) < 4.78 is 65.3. The molecule has 0 saturated carbocycles. The van der Waals surface area contributed by atoms with E-state index in [9.17, 15) is 28.5 Å². The fourth-order valence-corrected chi connectivity index (χ4v) is 6.74. The second-order valence-electron chi connectivity index (χ2n) is 13.0. The molecular formula is C35H44FN4O12P. The number of halogens is 1. The SMILES string of the molecule is CC(C)OC(=O)[C@H](C)N[P@](=O)(OC[C@H]1O[C@@H](n2ccc(=O)[nH]c2=O)[C@](C)(F)[C@@H]1OC(=O)[C@@H](NC(=O)OCc1ccccc1)C(C)C)Oc1ccccc1. The first-order valence-corrected chi connectivity index (χ1v) is 18.3. The van der Waals surface area contributed by atoms with Gasteiger partial charge in [0.25, 0.3) is 5.56 Å². The predicted molar refractivity (Wildman–Crippen MR) is 187 cm³/mol. The predicted octanol–water partition coefficient (Wildman–Crippen LogP) is 4.16. The fourth-order valence-electron chi connectivity index (χ4n) is 5.24. The average molecular weight is 763 g/mol. The van der Waals surface area contributed by atoms with Crippen LogP contribution in [0.4, 0.5) is 9.18 Å². The summed E-state index contributed by atoms with van der Waals surface area (Å²) in [7, 11) is -4.53. The molecule has 1 aliphatic heterocycles. The average Bonchev–Trinajstić information content (AvgIpc) is 3.34. The molecule has 1 aromatic heterocycles. The maximum Gasteiger partial charge on any atom is 0.459 e. The van der Waals surface area contributed by atoms with Crippen molar-refractivity contribution >= 4 is 25.8 Å². The largest absolute Gasteiger partial charge is 0.462 e. The minimum Gasteiger partial charge on any atom is -0.462 e. The number of hydrogen-bond acceptors (Lipinski definition) is 12. The molecule has 2 aromatic carbocycles. The first-order valence-electron chi connectivity index (χ1n) is 16.8. The number of alkyl carbamates (subject to hydrolysis) is 1. The van der Waals surface area contributed by atoms with Crippen molar-refractivity contribution in [2.24, 2.45) is 5.92 Å². The number of esters is 2. The van der Waals surface area contributed by atoms with E-state index in [0.29, 0.717) is 5.56 Å². The minimum atomic E-state index is -4.53. The fraction of sp³-hybridized carbons (Fsp3) is 0.457. The maximum atomic E-state index is 17.0. The van der Waals surface area contributed by atoms with Crippen LogP contribution in [0.2, 0.25) is 0 Å². The van der Waals surface area contributed by atoms with Gasteiger partial charge in [0.1, 0.15) is 30.5 Å². The number of hydrogen-bond donors (Lipinski definition) is 3. The molecule has 0 spiro atoms. The lowest BCUT2D eigenvalue weighted by atomic mass is 9.97. The first kappa shape index (κ1) is 40.9. The zero-order chi connectivity index (χ0) is 38.9. The van der Waals surface area contributed by atoms with E-state index in [1.807, 2.05) is 4.98 Å². The number of ether oxygens (including phenoxy) is 4. The molecule has 0 unspecified atom stereocenters. The zero-order valence-electron chi connectivity index (χ0n) is 30.1. The van der Waals surface area contributed by atoms with Crippen LogP contribution in [0.15, 0.2) is 82.5 Å². The number of H-pyrrole nitrogens is 1. The lowest BCUT2D eigenvalue weighted by Crippen LogP contribution is -2.51. The van der Waals surface area contributed by atoms with Crippen LogP contribution >= 0.6 is 7.75 Å². The lowest BCUT2D eigenvalue weighted by molar-refractivity contribution is -0.162. The Morgan fingerprint density at radius 2 is 1.62 bits per heavy atom.